The minimum atomic E-state index is 0. The van der Waals surface area contributed by atoms with Crippen molar-refractivity contribution in [3.05, 3.63) is 73.3 Å². The summed E-state index contributed by atoms with van der Waals surface area (Å²) in [6.07, 6.45) is 7.75. The topological polar surface area (TPSA) is 187 Å². The number of methoxy groups -OCH3 is 1. The van der Waals surface area contributed by atoms with E-state index in [9.17, 15) is 0 Å². The number of hydrogen-bond donors (Lipinski definition) is 5. The molecule has 256 valence electrons. The fourth-order valence-electron chi connectivity index (χ4n) is 3.23. The summed E-state index contributed by atoms with van der Waals surface area (Å²) >= 11 is 0. The zero-order valence-electron chi connectivity index (χ0n) is 27.9. The highest BCUT2D eigenvalue weighted by Gasteiger charge is 2.11. The molecule has 4 aromatic rings. The van der Waals surface area contributed by atoms with Gasteiger partial charge in [0.05, 0.1) is 60.1 Å². The molecule has 14 nitrogen and oxygen atoms in total. The number of aliphatic hydroxyl groups excluding tert-OH is 1. The first-order valence-corrected chi connectivity index (χ1v) is 14.0. The summed E-state index contributed by atoms with van der Waals surface area (Å²) in [6, 6.07) is 15.5. The molecule has 0 fully saturated rings. The number of nitrogens with one attached hydrogen (secondary N) is 1. The van der Waals surface area contributed by atoms with Gasteiger partial charge in [0.15, 0.2) is 0 Å². The third kappa shape index (κ3) is 16.4. The van der Waals surface area contributed by atoms with Gasteiger partial charge in [0.1, 0.15) is 17.1 Å². The number of hydrogen-bond acceptors (Lipinski definition) is 10. The standard InChI is InChI=1S/C14H20N6.C12H15N4O.C3H10N2.CH4O.2ClH/c1-11(15)10-16-12-4-6-13(7-5-12)17-18-14-19(2)8-9-20(14)3;1-15-8-9-16(2)12(15)14-13-10-4-6-11(17-3)7-5-10;1-3(5)2-4;1-2;;/h4-9,11H,10,15H2,1-3H3;4-9H,1-3H3;3H,2,4-5H2,1H3;2H,1H3;2*1H/q;+1;;;;/p-1. The number of azo groups is 2. The molecular weight excluding hydrogens is 631 g/mol. The van der Waals surface area contributed by atoms with Crippen molar-refractivity contribution < 1.29 is 43.8 Å². The number of nitrogens with zero attached hydrogens (tertiary/aromatic N) is 8. The molecule has 46 heavy (non-hydrogen) atoms. The van der Waals surface area contributed by atoms with Gasteiger partial charge in [0.2, 0.25) is 0 Å². The average Bonchev–Trinajstić information content (AvgIpc) is 3.54. The fraction of sp³-hybridized carbons (Fsp3) is 0.400. The molecule has 4 rings (SSSR count). The molecule has 0 aliphatic heterocycles. The van der Waals surface area contributed by atoms with Gasteiger partial charge in [-0.2, -0.15) is 0 Å². The summed E-state index contributed by atoms with van der Waals surface area (Å²) in [5, 5.41) is 27.1. The molecule has 2 aromatic carbocycles. The normalized spacial score (nSPS) is 11.4. The highest BCUT2D eigenvalue weighted by atomic mass is 35.5. The van der Waals surface area contributed by atoms with E-state index in [1.54, 1.807) is 7.11 Å². The Labute approximate surface area is 284 Å². The summed E-state index contributed by atoms with van der Waals surface area (Å²) in [6.45, 7) is 5.18. The lowest BCUT2D eigenvalue weighted by Gasteiger charge is -2.08. The second-order valence-corrected chi connectivity index (χ2v) is 9.86. The maximum Gasteiger partial charge on any atom is 0.421 e. The first kappa shape index (κ1) is 44.2. The predicted molar refractivity (Wildman–Crippen MR) is 174 cm³/mol. The van der Waals surface area contributed by atoms with Crippen LogP contribution in [0.3, 0.4) is 0 Å². The Morgan fingerprint density at radius 2 is 1.15 bits per heavy atom. The van der Waals surface area contributed by atoms with Crippen molar-refractivity contribution in [3.63, 3.8) is 0 Å². The van der Waals surface area contributed by atoms with Crippen LogP contribution >= 0.6 is 0 Å². The van der Waals surface area contributed by atoms with Crippen molar-refractivity contribution in [1.82, 2.24) is 9.13 Å². The molecule has 2 atom stereocenters. The molecule has 0 radical (unpaired) electrons. The van der Waals surface area contributed by atoms with Gasteiger partial charge in [-0.15, -0.1) is 0 Å². The Morgan fingerprint density at radius 3 is 1.46 bits per heavy atom. The van der Waals surface area contributed by atoms with Gasteiger partial charge in [0, 0.05) is 48.2 Å². The van der Waals surface area contributed by atoms with Gasteiger partial charge < -0.3 is 57.2 Å². The van der Waals surface area contributed by atoms with Crippen molar-refractivity contribution in [3.8, 4) is 5.75 Å². The predicted octanol–water partition coefficient (Wildman–Crippen LogP) is -2.79. The summed E-state index contributed by atoms with van der Waals surface area (Å²) in [5.41, 5.74) is 18.6. The Kier molecular flexibility index (Phi) is 23.4. The second-order valence-electron chi connectivity index (χ2n) is 9.86. The van der Waals surface area contributed by atoms with Gasteiger partial charge in [-0.05, 0) is 62.4 Å². The molecule has 0 saturated carbocycles. The van der Waals surface area contributed by atoms with Crippen molar-refractivity contribution in [2.24, 2.45) is 65.8 Å². The van der Waals surface area contributed by atoms with E-state index in [1.165, 1.54) is 0 Å². The van der Waals surface area contributed by atoms with E-state index in [2.05, 4.69) is 25.8 Å². The number of aliphatic hydroxyl groups is 1. The Morgan fingerprint density at radius 1 is 0.761 bits per heavy atom. The van der Waals surface area contributed by atoms with Crippen LogP contribution in [0.1, 0.15) is 13.8 Å². The lowest BCUT2D eigenvalue weighted by Crippen LogP contribution is -3.00. The van der Waals surface area contributed by atoms with E-state index >= 15 is 0 Å². The molecule has 2 heterocycles. The van der Waals surface area contributed by atoms with Gasteiger partial charge in [0.25, 0.3) is 0 Å². The molecule has 8 N–H and O–H groups in total. The summed E-state index contributed by atoms with van der Waals surface area (Å²) in [5.74, 6) is 2.40. The minimum Gasteiger partial charge on any atom is -1.00 e. The van der Waals surface area contributed by atoms with Crippen LogP contribution in [0.15, 0.2) is 93.8 Å². The second kappa shape index (κ2) is 24.3. The van der Waals surface area contributed by atoms with Crippen molar-refractivity contribution in [1.29, 1.82) is 0 Å². The Bertz CT molecular complexity index is 1370. The van der Waals surface area contributed by atoms with E-state index < -0.39 is 0 Å². The van der Waals surface area contributed by atoms with Crippen molar-refractivity contribution in [2.45, 2.75) is 25.9 Å². The number of halogens is 2. The van der Waals surface area contributed by atoms with Crippen molar-refractivity contribution >= 4 is 29.0 Å². The largest absolute Gasteiger partial charge is 1.00 e. The third-order valence-electron chi connectivity index (χ3n) is 5.74. The van der Waals surface area contributed by atoms with Crippen LogP contribution in [0.2, 0.25) is 0 Å². The van der Waals surface area contributed by atoms with E-state index in [4.69, 9.17) is 27.0 Å². The highest BCUT2D eigenvalue weighted by molar-refractivity contribution is 5.50. The SMILES string of the molecule is CC(N)CN.CC(N)CNc1ccc(N=Nc2n(C)cc[n+]2C)cc1.CO.COc1ccc(N=Nc2n(C)cc[n+]2C)cc1.[Cl-].[Cl-]. The van der Waals surface area contributed by atoms with Crippen LogP contribution in [0.4, 0.5) is 29.0 Å². The molecule has 0 spiro atoms. The summed E-state index contributed by atoms with van der Waals surface area (Å²) in [7, 11) is 10.4. The molecule has 2 unspecified atom stereocenters. The first-order chi connectivity index (χ1) is 21.0. The lowest BCUT2D eigenvalue weighted by molar-refractivity contribution is -0.657. The molecule has 16 heteroatoms. The quantitative estimate of drug-likeness (QED) is 0.0939. The monoisotopic (exact) mass is 680 g/mol. The molecule has 0 aliphatic carbocycles. The lowest BCUT2D eigenvalue weighted by atomic mass is 10.2. The van der Waals surface area contributed by atoms with Gasteiger partial charge in [-0.1, -0.05) is 10.2 Å². The van der Waals surface area contributed by atoms with E-state index in [1.807, 2.05) is 134 Å². The van der Waals surface area contributed by atoms with Gasteiger partial charge >= 0.3 is 11.9 Å². The number of rotatable bonds is 9. The average molecular weight is 682 g/mol. The van der Waals surface area contributed by atoms with Gasteiger partial charge in [-0.3, -0.25) is 0 Å². The molecule has 0 aliphatic rings. The number of aryl methyl sites for hydroxylation is 4. The minimum absolute atomic E-state index is 0. The smallest absolute Gasteiger partial charge is 0.421 e. The molecule has 0 saturated heterocycles. The fourth-order valence-corrected chi connectivity index (χ4v) is 3.23. The van der Waals surface area contributed by atoms with Gasteiger partial charge in [-0.25, -0.2) is 18.3 Å². The van der Waals surface area contributed by atoms with E-state index in [0.717, 1.165) is 48.4 Å². The molecular formula is C30H50Cl2N12O2. The number of benzene rings is 2. The van der Waals surface area contributed by atoms with Crippen LogP contribution in [-0.2, 0) is 28.2 Å². The maximum absolute atomic E-state index is 7.00. The van der Waals surface area contributed by atoms with Crippen LogP contribution in [0.5, 0.6) is 5.75 Å². The summed E-state index contributed by atoms with van der Waals surface area (Å²) in [4.78, 5) is 0. The molecule has 0 bridgehead atoms. The van der Waals surface area contributed by atoms with E-state index in [-0.39, 0.29) is 36.9 Å². The number of aromatic nitrogens is 4. The van der Waals surface area contributed by atoms with Crippen LogP contribution in [0, 0.1) is 0 Å². The van der Waals surface area contributed by atoms with Crippen LogP contribution < -0.4 is 61.2 Å². The van der Waals surface area contributed by atoms with E-state index in [0.29, 0.717) is 6.54 Å². The third-order valence-corrected chi connectivity index (χ3v) is 5.74. The first-order valence-electron chi connectivity index (χ1n) is 14.0. The molecule has 2 aromatic heterocycles. The highest BCUT2D eigenvalue weighted by Crippen LogP contribution is 2.20. The number of ether oxygens (including phenoxy) is 1. The maximum atomic E-state index is 7.00. The number of nitrogens with two attached hydrogens (primary N) is 3. The zero-order valence-corrected chi connectivity index (χ0v) is 29.4. The van der Waals surface area contributed by atoms with Crippen LogP contribution in [-0.4, -0.2) is 53.6 Å². The van der Waals surface area contributed by atoms with Crippen LogP contribution in [0.25, 0.3) is 0 Å². The number of imidazole rings is 2. The zero-order chi connectivity index (χ0) is 33.1. The van der Waals surface area contributed by atoms with Crippen molar-refractivity contribution in [2.75, 3.05) is 32.6 Å². The Balaban J connectivity index is 0. The molecule has 0 amide bonds. The summed E-state index contributed by atoms with van der Waals surface area (Å²) < 4.78 is 12.7. The number of anilines is 1. The Hall–Kier alpha value is -3.92.